The minimum atomic E-state index is -0.146. The summed E-state index contributed by atoms with van der Waals surface area (Å²) in [7, 11) is 7.10. The Morgan fingerprint density at radius 2 is 1.92 bits per heavy atom. The van der Waals surface area contributed by atoms with E-state index in [0.29, 0.717) is 24.6 Å². The number of aromatic nitrogens is 2. The van der Waals surface area contributed by atoms with E-state index in [1.807, 2.05) is 37.0 Å². The average Bonchev–Trinajstić information content (AvgIpc) is 3.20. The van der Waals surface area contributed by atoms with Gasteiger partial charge in [-0.3, -0.25) is 14.4 Å². The zero-order valence-electron chi connectivity index (χ0n) is 15.1. The maximum Gasteiger partial charge on any atom is 0.244 e. The monoisotopic (exact) mass is 344 g/mol. The van der Waals surface area contributed by atoms with Gasteiger partial charge >= 0.3 is 0 Å². The van der Waals surface area contributed by atoms with Crippen molar-refractivity contribution in [2.75, 3.05) is 32.7 Å². The van der Waals surface area contributed by atoms with Crippen LogP contribution in [0.15, 0.2) is 30.5 Å². The lowest BCUT2D eigenvalue weighted by Gasteiger charge is -2.24. The van der Waals surface area contributed by atoms with Crippen LogP contribution >= 0.6 is 0 Å². The van der Waals surface area contributed by atoms with E-state index in [1.165, 1.54) is 0 Å². The molecule has 1 saturated heterocycles. The second-order valence-corrected chi connectivity index (χ2v) is 6.23. The molecule has 3 rings (SSSR count). The number of likely N-dealkylation sites (N-methyl/N-ethyl adjacent to an activating group) is 1. The van der Waals surface area contributed by atoms with Crippen LogP contribution in [0.3, 0.4) is 0 Å². The molecule has 7 heteroatoms. The zero-order valence-corrected chi connectivity index (χ0v) is 15.1. The van der Waals surface area contributed by atoms with Gasteiger partial charge in [-0.05, 0) is 19.5 Å². The average molecular weight is 344 g/mol. The lowest BCUT2D eigenvalue weighted by atomic mass is 10.2. The Morgan fingerprint density at radius 1 is 1.24 bits per heavy atom. The molecule has 1 atom stereocenters. The second kappa shape index (κ2) is 7.14. The molecule has 0 N–H and O–H groups in total. The molecule has 1 unspecified atom stereocenters. The van der Waals surface area contributed by atoms with Crippen molar-refractivity contribution < 1.29 is 14.3 Å². The summed E-state index contributed by atoms with van der Waals surface area (Å²) in [6.45, 7) is 1.36. The van der Waals surface area contributed by atoms with E-state index in [2.05, 4.69) is 10.00 Å². The topological polar surface area (TPSA) is 59.8 Å². The van der Waals surface area contributed by atoms with E-state index in [9.17, 15) is 4.79 Å². The first kappa shape index (κ1) is 17.3. The first-order valence-electron chi connectivity index (χ1n) is 8.25. The van der Waals surface area contributed by atoms with E-state index < -0.39 is 0 Å². The molecule has 0 spiro atoms. The fourth-order valence-corrected chi connectivity index (χ4v) is 3.20. The third kappa shape index (κ3) is 3.46. The molecule has 1 fully saturated rings. The number of aryl methyl sites for hydroxylation is 1. The van der Waals surface area contributed by atoms with E-state index in [4.69, 9.17) is 9.47 Å². The van der Waals surface area contributed by atoms with Crippen molar-refractivity contribution >= 4 is 11.6 Å². The Kier molecular flexibility index (Phi) is 4.94. The minimum Gasteiger partial charge on any atom is -0.497 e. The van der Waals surface area contributed by atoms with E-state index in [0.717, 1.165) is 17.8 Å². The molecule has 1 aromatic carbocycles. The van der Waals surface area contributed by atoms with Gasteiger partial charge in [0, 0.05) is 44.5 Å². The predicted molar refractivity (Wildman–Crippen MR) is 95.0 cm³/mol. The van der Waals surface area contributed by atoms with E-state index >= 15 is 0 Å². The summed E-state index contributed by atoms with van der Waals surface area (Å²) >= 11 is 0. The van der Waals surface area contributed by atoms with Crippen molar-refractivity contribution in [3.63, 3.8) is 0 Å². The highest BCUT2D eigenvalue weighted by molar-refractivity contribution is 5.99. The van der Waals surface area contributed by atoms with Gasteiger partial charge in [-0.1, -0.05) is 0 Å². The quantitative estimate of drug-likeness (QED) is 0.798. The zero-order chi connectivity index (χ0) is 18.0. The summed E-state index contributed by atoms with van der Waals surface area (Å²) in [4.78, 5) is 16.8. The maximum absolute atomic E-state index is 12.9. The molecule has 2 aromatic rings. The van der Waals surface area contributed by atoms with Crippen LogP contribution in [0.4, 0.5) is 5.69 Å². The van der Waals surface area contributed by atoms with Crippen molar-refractivity contribution in [1.29, 1.82) is 0 Å². The second-order valence-electron chi connectivity index (χ2n) is 6.23. The first-order chi connectivity index (χ1) is 12.0. The third-order valence-electron chi connectivity index (χ3n) is 4.69. The summed E-state index contributed by atoms with van der Waals surface area (Å²) in [5, 5.41) is 4.18. The number of amides is 1. The smallest absolute Gasteiger partial charge is 0.244 e. The molecule has 0 bridgehead atoms. The van der Waals surface area contributed by atoms with Crippen molar-refractivity contribution in [3.8, 4) is 11.5 Å². The van der Waals surface area contributed by atoms with Crippen molar-refractivity contribution in [2.45, 2.75) is 19.0 Å². The molecule has 25 heavy (non-hydrogen) atoms. The fraction of sp³-hybridized carbons (Fsp3) is 0.444. The molecular formula is C18H24N4O3. The minimum absolute atomic E-state index is 0.0972. The lowest BCUT2D eigenvalue weighted by molar-refractivity contribution is -0.121. The molecule has 0 saturated carbocycles. The van der Waals surface area contributed by atoms with Gasteiger partial charge < -0.3 is 14.4 Å². The normalized spacial score (nSPS) is 17.4. The number of carbonyl (C=O) groups is 1. The summed E-state index contributed by atoms with van der Waals surface area (Å²) in [5.74, 6) is 1.45. The van der Waals surface area contributed by atoms with Gasteiger partial charge in [0.05, 0.1) is 31.6 Å². The van der Waals surface area contributed by atoms with Crippen LogP contribution in [-0.2, 0) is 18.4 Å². The van der Waals surface area contributed by atoms with Gasteiger partial charge in [0.1, 0.15) is 11.5 Å². The van der Waals surface area contributed by atoms with Gasteiger partial charge in [0.25, 0.3) is 0 Å². The summed E-state index contributed by atoms with van der Waals surface area (Å²) < 4.78 is 12.5. The summed E-state index contributed by atoms with van der Waals surface area (Å²) in [5.41, 5.74) is 1.88. The third-order valence-corrected chi connectivity index (χ3v) is 4.69. The summed E-state index contributed by atoms with van der Waals surface area (Å²) in [6, 6.07) is 7.36. The molecule has 0 aliphatic carbocycles. The summed E-state index contributed by atoms with van der Waals surface area (Å²) in [6.07, 6.45) is 2.56. The van der Waals surface area contributed by atoms with E-state index in [-0.39, 0.29) is 11.9 Å². The number of ether oxygens (including phenoxy) is 2. The number of hydrogen-bond acceptors (Lipinski definition) is 5. The molecule has 1 aliphatic heterocycles. The number of nitrogens with zero attached hydrogens (tertiary/aromatic N) is 4. The van der Waals surface area contributed by atoms with Crippen LogP contribution in [-0.4, -0.2) is 54.4 Å². The molecule has 7 nitrogen and oxygen atoms in total. The highest BCUT2D eigenvalue weighted by Crippen LogP contribution is 2.32. The van der Waals surface area contributed by atoms with Crippen LogP contribution in [0.2, 0.25) is 0 Å². The molecule has 2 heterocycles. The molecule has 1 aromatic heterocycles. The SMILES string of the molecule is COc1cc(OC)cc(N2CCC(N(C)Cc3ccnn3C)C2=O)c1. The fourth-order valence-electron chi connectivity index (χ4n) is 3.20. The molecule has 0 radical (unpaired) electrons. The van der Waals surface area contributed by atoms with E-state index in [1.54, 1.807) is 31.4 Å². The number of anilines is 1. The van der Waals surface area contributed by atoms with Gasteiger partial charge in [-0.25, -0.2) is 0 Å². The van der Waals surface area contributed by atoms with Gasteiger partial charge in [-0.15, -0.1) is 0 Å². The van der Waals surface area contributed by atoms with Crippen LogP contribution in [0, 0.1) is 0 Å². The maximum atomic E-state index is 12.9. The highest BCUT2D eigenvalue weighted by atomic mass is 16.5. The van der Waals surface area contributed by atoms with Crippen molar-refractivity contribution in [3.05, 3.63) is 36.2 Å². The Hall–Kier alpha value is -2.54. The Balaban J connectivity index is 1.76. The van der Waals surface area contributed by atoms with Crippen molar-refractivity contribution in [2.24, 2.45) is 7.05 Å². The first-order valence-corrected chi connectivity index (χ1v) is 8.25. The van der Waals surface area contributed by atoms with Crippen molar-refractivity contribution in [1.82, 2.24) is 14.7 Å². The Morgan fingerprint density at radius 3 is 2.48 bits per heavy atom. The largest absolute Gasteiger partial charge is 0.497 e. The Labute approximate surface area is 147 Å². The molecule has 1 aliphatic rings. The van der Waals surface area contributed by atoms with Crippen LogP contribution < -0.4 is 14.4 Å². The van der Waals surface area contributed by atoms with Gasteiger partial charge in [0.15, 0.2) is 0 Å². The molecular weight excluding hydrogens is 320 g/mol. The number of rotatable bonds is 6. The van der Waals surface area contributed by atoms with Crippen LogP contribution in [0.25, 0.3) is 0 Å². The number of hydrogen-bond donors (Lipinski definition) is 0. The van der Waals surface area contributed by atoms with Crippen LogP contribution in [0.1, 0.15) is 12.1 Å². The van der Waals surface area contributed by atoms with Gasteiger partial charge in [-0.2, -0.15) is 5.10 Å². The lowest BCUT2D eigenvalue weighted by Crippen LogP contribution is -2.39. The standard InChI is InChI=1S/C18H24N4O3/c1-20(12-13-5-7-19-21(13)2)17-6-8-22(18(17)23)14-9-15(24-3)11-16(10-14)25-4/h5,7,9-11,17H,6,8,12H2,1-4H3. The Bertz CT molecular complexity index is 736. The number of carbonyl (C=O) groups excluding carboxylic acids is 1. The highest BCUT2D eigenvalue weighted by Gasteiger charge is 2.35. The number of benzene rings is 1. The number of methoxy groups -OCH3 is 2. The molecule has 1 amide bonds. The van der Waals surface area contributed by atoms with Crippen LogP contribution in [0.5, 0.6) is 11.5 Å². The predicted octanol–water partition coefficient (Wildman–Crippen LogP) is 1.67. The van der Waals surface area contributed by atoms with Gasteiger partial charge in [0.2, 0.25) is 5.91 Å². The molecule has 134 valence electrons.